The van der Waals surface area contributed by atoms with E-state index in [2.05, 4.69) is 0 Å². The van der Waals surface area contributed by atoms with Gasteiger partial charge < -0.3 is 14.5 Å². The first kappa shape index (κ1) is 14.0. The van der Waals surface area contributed by atoms with Crippen LogP contribution in [0.5, 0.6) is 0 Å². The lowest BCUT2D eigenvalue weighted by Crippen LogP contribution is -2.44. The van der Waals surface area contributed by atoms with Crippen LogP contribution in [0.15, 0.2) is 0 Å². The summed E-state index contributed by atoms with van der Waals surface area (Å²) in [5.74, 6) is 0.269. The van der Waals surface area contributed by atoms with Gasteiger partial charge in [-0.25, -0.2) is 0 Å². The number of carbonyl (C=O) groups excluding carboxylic acids is 2. The van der Waals surface area contributed by atoms with E-state index in [1.807, 2.05) is 6.92 Å². The van der Waals surface area contributed by atoms with Crippen molar-refractivity contribution in [1.82, 2.24) is 9.80 Å². The van der Waals surface area contributed by atoms with E-state index in [9.17, 15) is 9.59 Å². The molecular formula is C12H22N2O3. The van der Waals surface area contributed by atoms with Crippen LogP contribution in [0.1, 0.15) is 19.8 Å². The van der Waals surface area contributed by atoms with E-state index in [4.69, 9.17) is 4.74 Å². The highest BCUT2D eigenvalue weighted by Gasteiger charge is 2.27. The van der Waals surface area contributed by atoms with Crippen molar-refractivity contribution in [3.05, 3.63) is 0 Å². The number of amides is 2. The minimum Gasteiger partial charge on any atom is -0.372 e. The van der Waals surface area contributed by atoms with Crippen molar-refractivity contribution in [2.24, 2.45) is 5.92 Å². The van der Waals surface area contributed by atoms with Crippen LogP contribution in [0, 0.1) is 5.92 Å². The van der Waals surface area contributed by atoms with Gasteiger partial charge >= 0.3 is 0 Å². The second-order valence-corrected chi connectivity index (χ2v) is 4.52. The van der Waals surface area contributed by atoms with Gasteiger partial charge in [-0.2, -0.15) is 0 Å². The quantitative estimate of drug-likeness (QED) is 0.715. The van der Waals surface area contributed by atoms with Crippen molar-refractivity contribution in [2.75, 3.05) is 40.4 Å². The number of hydrogen-bond donors (Lipinski definition) is 0. The first-order valence-corrected chi connectivity index (χ1v) is 6.13. The molecule has 98 valence electrons. The number of nitrogens with zero attached hydrogens (tertiary/aromatic N) is 2. The smallest absolute Gasteiger partial charge is 0.248 e. The van der Waals surface area contributed by atoms with Crippen LogP contribution in [-0.4, -0.2) is 62.0 Å². The Labute approximate surface area is 103 Å². The second kappa shape index (κ2) is 6.59. The van der Waals surface area contributed by atoms with Crippen molar-refractivity contribution >= 4 is 11.8 Å². The minimum absolute atomic E-state index is 0.0302. The Bertz CT molecular complexity index is 271. The van der Waals surface area contributed by atoms with E-state index in [0.717, 1.165) is 12.8 Å². The average molecular weight is 242 g/mol. The fraction of sp³-hybridized carbons (Fsp3) is 0.833. The van der Waals surface area contributed by atoms with Crippen LogP contribution >= 0.6 is 0 Å². The van der Waals surface area contributed by atoms with Crippen LogP contribution in [0.2, 0.25) is 0 Å². The molecule has 1 aliphatic rings. The molecule has 0 atom stereocenters. The third-order valence-corrected chi connectivity index (χ3v) is 3.07. The van der Waals surface area contributed by atoms with E-state index in [0.29, 0.717) is 19.7 Å². The predicted molar refractivity (Wildman–Crippen MR) is 64.5 cm³/mol. The molecule has 5 heteroatoms. The van der Waals surface area contributed by atoms with Gasteiger partial charge in [-0.3, -0.25) is 9.59 Å². The van der Waals surface area contributed by atoms with Crippen molar-refractivity contribution in [3.8, 4) is 0 Å². The summed E-state index contributed by atoms with van der Waals surface area (Å²) in [4.78, 5) is 26.8. The summed E-state index contributed by atoms with van der Waals surface area (Å²) in [6.45, 7) is 3.91. The Balaban J connectivity index is 2.35. The molecule has 0 aliphatic carbocycles. The zero-order chi connectivity index (χ0) is 12.8. The van der Waals surface area contributed by atoms with Gasteiger partial charge in [0, 0.05) is 39.7 Å². The molecule has 1 rings (SSSR count). The lowest BCUT2D eigenvalue weighted by atomic mass is 9.95. The maximum atomic E-state index is 11.7. The molecule has 0 aromatic carbocycles. The van der Waals surface area contributed by atoms with Gasteiger partial charge in [-0.05, 0) is 19.8 Å². The molecule has 5 nitrogen and oxygen atoms in total. The van der Waals surface area contributed by atoms with Crippen molar-refractivity contribution < 1.29 is 14.3 Å². The largest absolute Gasteiger partial charge is 0.372 e. The lowest BCUT2D eigenvalue weighted by Gasteiger charge is -2.32. The highest BCUT2D eigenvalue weighted by Crippen LogP contribution is 2.18. The van der Waals surface area contributed by atoms with Gasteiger partial charge in [-0.15, -0.1) is 0 Å². The van der Waals surface area contributed by atoms with Gasteiger partial charge in [0.1, 0.15) is 6.61 Å². The maximum Gasteiger partial charge on any atom is 0.248 e. The monoisotopic (exact) mass is 242 g/mol. The predicted octanol–water partition coefficient (Wildman–Crippen LogP) is 0.350. The molecule has 1 heterocycles. The van der Waals surface area contributed by atoms with Gasteiger partial charge in [0.15, 0.2) is 0 Å². The Kier molecular flexibility index (Phi) is 5.41. The van der Waals surface area contributed by atoms with Gasteiger partial charge in [0.05, 0.1) is 0 Å². The topological polar surface area (TPSA) is 49.9 Å². The molecule has 0 aromatic rings. The molecule has 0 spiro atoms. The third kappa shape index (κ3) is 4.00. The zero-order valence-corrected chi connectivity index (χ0v) is 10.9. The molecule has 1 aliphatic heterocycles. The van der Waals surface area contributed by atoms with E-state index in [1.54, 1.807) is 23.9 Å². The number of piperidine rings is 1. The number of carbonyl (C=O) groups is 2. The summed E-state index contributed by atoms with van der Waals surface area (Å²) in [5, 5.41) is 0. The van der Waals surface area contributed by atoms with E-state index in [-0.39, 0.29) is 24.3 Å². The first-order chi connectivity index (χ1) is 8.06. The molecule has 2 amide bonds. The number of likely N-dealkylation sites (tertiary alicyclic amines) is 1. The highest BCUT2D eigenvalue weighted by molar-refractivity contribution is 5.80. The molecule has 0 radical (unpaired) electrons. The molecule has 0 unspecified atom stereocenters. The van der Waals surface area contributed by atoms with E-state index < -0.39 is 0 Å². The zero-order valence-electron chi connectivity index (χ0n) is 10.9. The number of ether oxygens (including phenoxy) is 1. The van der Waals surface area contributed by atoms with Gasteiger partial charge in [0.25, 0.3) is 0 Å². The standard InChI is InChI=1S/C12H22N2O3/c1-4-17-9-11(15)14-7-5-10(6-8-14)12(16)13(2)3/h10H,4-9H2,1-3H3. The van der Waals surface area contributed by atoms with Crippen LogP contribution < -0.4 is 0 Å². The van der Waals surface area contributed by atoms with Crippen molar-refractivity contribution in [2.45, 2.75) is 19.8 Å². The Hall–Kier alpha value is -1.10. The van der Waals surface area contributed by atoms with Crippen LogP contribution in [0.4, 0.5) is 0 Å². The van der Waals surface area contributed by atoms with E-state index >= 15 is 0 Å². The normalized spacial score (nSPS) is 17.0. The van der Waals surface area contributed by atoms with Gasteiger partial charge in [0.2, 0.25) is 11.8 Å². The summed E-state index contributed by atoms with van der Waals surface area (Å²) < 4.78 is 5.09. The summed E-state index contributed by atoms with van der Waals surface area (Å²) in [7, 11) is 3.55. The van der Waals surface area contributed by atoms with Crippen LogP contribution in [0.25, 0.3) is 0 Å². The van der Waals surface area contributed by atoms with Crippen LogP contribution in [-0.2, 0) is 14.3 Å². The molecule has 1 fully saturated rings. The first-order valence-electron chi connectivity index (χ1n) is 6.13. The highest BCUT2D eigenvalue weighted by atomic mass is 16.5. The van der Waals surface area contributed by atoms with Crippen LogP contribution in [0.3, 0.4) is 0 Å². The van der Waals surface area contributed by atoms with Crippen molar-refractivity contribution in [1.29, 1.82) is 0 Å². The molecule has 1 saturated heterocycles. The molecular weight excluding hydrogens is 220 g/mol. The van der Waals surface area contributed by atoms with E-state index in [1.165, 1.54) is 0 Å². The van der Waals surface area contributed by atoms with Gasteiger partial charge in [-0.1, -0.05) is 0 Å². The number of rotatable bonds is 4. The summed E-state index contributed by atoms with van der Waals surface area (Å²) in [6, 6.07) is 0. The molecule has 0 aromatic heterocycles. The molecule has 0 bridgehead atoms. The SMILES string of the molecule is CCOCC(=O)N1CCC(C(=O)N(C)C)CC1. The Morgan fingerprint density at radius 2 is 1.88 bits per heavy atom. The molecule has 17 heavy (non-hydrogen) atoms. The Morgan fingerprint density at radius 1 is 1.29 bits per heavy atom. The third-order valence-electron chi connectivity index (χ3n) is 3.07. The maximum absolute atomic E-state index is 11.7. The fourth-order valence-corrected chi connectivity index (χ4v) is 2.02. The van der Waals surface area contributed by atoms with Crippen molar-refractivity contribution in [3.63, 3.8) is 0 Å². The Morgan fingerprint density at radius 3 is 2.35 bits per heavy atom. The number of hydrogen-bond acceptors (Lipinski definition) is 3. The summed E-state index contributed by atoms with van der Waals surface area (Å²) in [5.41, 5.74) is 0. The molecule has 0 N–H and O–H groups in total. The fourth-order valence-electron chi connectivity index (χ4n) is 2.02. The lowest BCUT2D eigenvalue weighted by molar-refractivity contribution is -0.141. The summed E-state index contributed by atoms with van der Waals surface area (Å²) >= 11 is 0. The summed E-state index contributed by atoms with van der Waals surface area (Å²) in [6.07, 6.45) is 1.52. The second-order valence-electron chi connectivity index (χ2n) is 4.52. The molecule has 0 saturated carbocycles. The average Bonchev–Trinajstić information content (AvgIpc) is 2.35. The minimum atomic E-state index is 0.0302.